The molecule has 2 N–H and O–H groups in total. The van der Waals surface area contributed by atoms with Crippen molar-refractivity contribution in [2.75, 3.05) is 6.54 Å². The minimum Gasteiger partial charge on any atom is -0.337 e. The fourth-order valence-electron chi connectivity index (χ4n) is 1.56. The zero-order valence-electron chi connectivity index (χ0n) is 7.25. The molecule has 0 amide bonds. The van der Waals surface area contributed by atoms with E-state index < -0.39 is 0 Å². The van der Waals surface area contributed by atoms with E-state index in [2.05, 4.69) is 41.6 Å². The number of nitrogens with one attached hydrogen (secondary N) is 2. The van der Waals surface area contributed by atoms with E-state index in [0.29, 0.717) is 13.0 Å². The molecule has 0 bridgehead atoms. The Labute approximate surface area is 73.5 Å². The van der Waals surface area contributed by atoms with Gasteiger partial charge < -0.3 is 10.5 Å². The lowest BCUT2D eigenvalue weighted by molar-refractivity contribution is 0.724. The minimum absolute atomic E-state index is 0.348. The third-order valence-electron chi connectivity index (χ3n) is 2.21. The lowest BCUT2D eigenvalue weighted by Gasteiger charge is -2.06. The topological polar surface area (TPSA) is 24.1 Å². The van der Waals surface area contributed by atoms with E-state index in [-0.39, 0.29) is 0 Å². The Kier molecular flexibility index (Phi) is 2.15. The Balaban J connectivity index is 2.11. The molecular weight excluding hydrogens is 147 g/mol. The highest BCUT2D eigenvalue weighted by Gasteiger charge is 2.25. The summed E-state index contributed by atoms with van der Waals surface area (Å²) in [5.74, 6) is 0. The van der Waals surface area contributed by atoms with Crippen LogP contribution in [0, 0.1) is 0 Å². The van der Waals surface area contributed by atoms with Crippen molar-refractivity contribution in [3.8, 4) is 0 Å². The first kappa shape index (κ1) is 7.83. The molecule has 1 aromatic carbocycles. The maximum Gasteiger partial charge on any atom is 0.340 e. The van der Waals surface area contributed by atoms with E-state index in [1.807, 2.05) is 6.07 Å². The van der Waals surface area contributed by atoms with Crippen LogP contribution >= 0.6 is 0 Å². The van der Waals surface area contributed by atoms with Gasteiger partial charge >= 0.3 is 6.98 Å². The van der Waals surface area contributed by atoms with Gasteiger partial charge in [0.15, 0.2) is 0 Å². The van der Waals surface area contributed by atoms with Gasteiger partial charge in [0, 0.05) is 12.6 Å². The molecule has 1 heterocycles. The summed E-state index contributed by atoms with van der Waals surface area (Å²) in [5, 5.41) is 6.87. The highest BCUT2D eigenvalue weighted by atomic mass is 15.1. The molecule has 12 heavy (non-hydrogen) atoms. The summed E-state index contributed by atoms with van der Waals surface area (Å²) in [5.41, 5.74) is 1.32. The van der Waals surface area contributed by atoms with Crippen LogP contribution in [0.4, 0.5) is 0 Å². The largest absolute Gasteiger partial charge is 0.340 e. The van der Waals surface area contributed by atoms with Crippen LogP contribution in [0.2, 0.25) is 0 Å². The predicted octanol–water partition coefficient (Wildman–Crippen LogP) is -0.0369. The van der Waals surface area contributed by atoms with Gasteiger partial charge in [0.05, 0.1) is 0 Å². The van der Waals surface area contributed by atoms with Gasteiger partial charge in [-0.3, -0.25) is 0 Å². The van der Waals surface area contributed by atoms with E-state index >= 15 is 0 Å². The maximum absolute atomic E-state index is 3.46. The molecule has 0 aromatic heterocycles. The monoisotopic (exact) mass is 160 g/mol. The zero-order valence-corrected chi connectivity index (χ0v) is 7.25. The van der Waals surface area contributed by atoms with E-state index in [1.54, 1.807) is 0 Å². The first-order valence-corrected chi connectivity index (χ1v) is 4.40. The molecular formula is C9H13BN2. The van der Waals surface area contributed by atoms with Crippen molar-refractivity contribution >= 4 is 12.4 Å². The Hall–Kier alpha value is -0.795. The van der Waals surface area contributed by atoms with Gasteiger partial charge in [-0.05, 0) is 12.4 Å². The van der Waals surface area contributed by atoms with Crippen LogP contribution in [0.5, 0.6) is 0 Å². The van der Waals surface area contributed by atoms with Crippen LogP contribution in [0.1, 0.15) is 6.92 Å². The van der Waals surface area contributed by atoms with Crippen LogP contribution in [-0.4, -0.2) is 19.6 Å². The van der Waals surface area contributed by atoms with Crippen molar-refractivity contribution in [3.63, 3.8) is 0 Å². The molecule has 0 spiro atoms. The van der Waals surface area contributed by atoms with Crippen molar-refractivity contribution in [2.24, 2.45) is 0 Å². The van der Waals surface area contributed by atoms with Gasteiger partial charge in [-0.2, -0.15) is 0 Å². The molecule has 2 nitrogen and oxygen atoms in total. The molecule has 1 unspecified atom stereocenters. The summed E-state index contributed by atoms with van der Waals surface area (Å²) in [6, 6.07) is 11.0. The van der Waals surface area contributed by atoms with Crippen LogP contribution in [0.15, 0.2) is 30.3 Å². The second-order valence-electron chi connectivity index (χ2n) is 3.32. The van der Waals surface area contributed by atoms with Crippen molar-refractivity contribution < 1.29 is 0 Å². The van der Waals surface area contributed by atoms with Gasteiger partial charge in [0.25, 0.3) is 0 Å². The first-order chi connectivity index (χ1) is 5.86. The first-order valence-electron chi connectivity index (χ1n) is 4.40. The molecule has 1 aliphatic heterocycles. The second-order valence-corrected chi connectivity index (χ2v) is 3.32. The Bertz CT molecular complexity index is 250. The zero-order chi connectivity index (χ0) is 8.39. The fourth-order valence-corrected chi connectivity index (χ4v) is 1.56. The Morgan fingerprint density at radius 1 is 1.33 bits per heavy atom. The molecule has 0 radical (unpaired) electrons. The molecule has 0 saturated carbocycles. The molecule has 1 aromatic rings. The molecule has 1 aliphatic rings. The van der Waals surface area contributed by atoms with Crippen LogP contribution in [-0.2, 0) is 0 Å². The molecule has 62 valence electrons. The van der Waals surface area contributed by atoms with Gasteiger partial charge in [0.1, 0.15) is 0 Å². The van der Waals surface area contributed by atoms with Crippen LogP contribution < -0.4 is 15.9 Å². The van der Waals surface area contributed by atoms with Crippen LogP contribution in [0.25, 0.3) is 0 Å². The van der Waals surface area contributed by atoms with Crippen molar-refractivity contribution in [1.82, 2.24) is 10.5 Å². The number of benzene rings is 1. The van der Waals surface area contributed by atoms with Crippen molar-refractivity contribution in [2.45, 2.75) is 13.0 Å². The molecule has 1 fully saturated rings. The van der Waals surface area contributed by atoms with Gasteiger partial charge in [-0.15, -0.1) is 0 Å². The molecule has 1 saturated heterocycles. The van der Waals surface area contributed by atoms with E-state index in [0.717, 1.165) is 6.54 Å². The third kappa shape index (κ3) is 1.52. The highest BCUT2D eigenvalue weighted by molar-refractivity contribution is 6.69. The predicted molar refractivity (Wildman–Crippen MR) is 52.4 cm³/mol. The Morgan fingerprint density at radius 3 is 2.67 bits per heavy atom. The molecule has 1 atom stereocenters. The average molecular weight is 160 g/mol. The molecule has 3 heteroatoms. The standard InChI is InChI=1S/C9H13BN2/c1-8-7-11-10(12-8)9-5-3-2-4-6-9/h2-6,8,11-12H,7H2,1H3. The SMILES string of the molecule is CC1CNB(c2ccccc2)N1. The smallest absolute Gasteiger partial charge is 0.337 e. The number of hydrogen-bond donors (Lipinski definition) is 2. The lowest BCUT2D eigenvalue weighted by atomic mass is 9.70. The van der Waals surface area contributed by atoms with E-state index in [9.17, 15) is 0 Å². The van der Waals surface area contributed by atoms with E-state index in [1.165, 1.54) is 5.46 Å². The normalized spacial score (nSPS) is 23.1. The summed E-state index contributed by atoms with van der Waals surface area (Å²) in [7, 11) is 0. The van der Waals surface area contributed by atoms with Gasteiger partial charge in [-0.1, -0.05) is 30.3 Å². The minimum atomic E-state index is 0.348. The quantitative estimate of drug-likeness (QED) is 0.563. The third-order valence-corrected chi connectivity index (χ3v) is 2.21. The van der Waals surface area contributed by atoms with Gasteiger partial charge in [-0.25, -0.2) is 0 Å². The summed E-state index contributed by atoms with van der Waals surface area (Å²) >= 11 is 0. The number of rotatable bonds is 1. The van der Waals surface area contributed by atoms with Crippen molar-refractivity contribution in [1.29, 1.82) is 0 Å². The van der Waals surface area contributed by atoms with Gasteiger partial charge in [0.2, 0.25) is 0 Å². The number of hydrogen-bond acceptors (Lipinski definition) is 2. The second kappa shape index (κ2) is 3.29. The summed E-state index contributed by atoms with van der Waals surface area (Å²) in [6.07, 6.45) is 0. The summed E-state index contributed by atoms with van der Waals surface area (Å²) in [4.78, 5) is 0. The van der Waals surface area contributed by atoms with E-state index in [4.69, 9.17) is 0 Å². The summed E-state index contributed by atoms with van der Waals surface area (Å²) in [6.45, 7) is 3.59. The average Bonchev–Trinajstić information content (AvgIpc) is 2.54. The maximum atomic E-state index is 3.46. The highest BCUT2D eigenvalue weighted by Crippen LogP contribution is 1.92. The summed E-state index contributed by atoms with van der Waals surface area (Å²) < 4.78 is 0. The van der Waals surface area contributed by atoms with Crippen molar-refractivity contribution in [3.05, 3.63) is 30.3 Å². The van der Waals surface area contributed by atoms with Crippen LogP contribution in [0.3, 0.4) is 0 Å². The Morgan fingerprint density at radius 2 is 2.08 bits per heavy atom. The fraction of sp³-hybridized carbons (Fsp3) is 0.333. The molecule has 0 aliphatic carbocycles. The lowest BCUT2D eigenvalue weighted by Crippen LogP contribution is -2.49. The molecule has 2 rings (SSSR count).